The van der Waals surface area contributed by atoms with Gasteiger partial charge in [0.25, 0.3) is 5.91 Å². The molecule has 2 aliphatic rings. The maximum Gasteiger partial charge on any atom is 0.251 e. The number of hydrogen-bond acceptors (Lipinski definition) is 2. The van der Waals surface area contributed by atoms with E-state index in [1.54, 1.807) is 0 Å². The van der Waals surface area contributed by atoms with Crippen molar-refractivity contribution in [3.63, 3.8) is 0 Å². The van der Waals surface area contributed by atoms with Crippen LogP contribution in [0.2, 0.25) is 0 Å². The lowest BCUT2D eigenvalue weighted by Crippen LogP contribution is -2.32. The maximum atomic E-state index is 12.0. The lowest BCUT2D eigenvalue weighted by molar-refractivity contribution is -0.120. The van der Waals surface area contributed by atoms with Gasteiger partial charge in [-0.05, 0) is 41.2 Å². The molecule has 23 heavy (non-hydrogen) atoms. The molecule has 116 valence electrons. The first kappa shape index (κ1) is 14.0. The Kier molecular flexibility index (Phi) is 3.37. The Labute approximate surface area is 134 Å². The fourth-order valence-electron chi connectivity index (χ4n) is 3.57. The quantitative estimate of drug-likeness (QED) is 0.894. The Morgan fingerprint density at radius 2 is 1.74 bits per heavy atom. The Morgan fingerprint density at radius 1 is 0.913 bits per heavy atom. The molecule has 0 aliphatic carbocycles. The molecule has 1 atom stereocenters. The molecule has 2 heterocycles. The smallest absolute Gasteiger partial charge is 0.251 e. The number of rotatable bonds is 2. The molecular formula is C19H18N2O2. The summed E-state index contributed by atoms with van der Waals surface area (Å²) >= 11 is 0. The van der Waals surface area contributed by atoms with Crippen LogP contribution in [0.15, 0.2) is 42.5 Å². The van der Waals surface area contributed by atoms with Crippen molar-refractivity contribution in [3.05, 3.63) is 59.2 Å². The summed E-state index contributed by atoms with van der Waals surface area (Å²) in [4.78, 5) is 24.0. The van der Waals surface area contributed by atoms with Crippen LogP contribution in [-0.4, -0.2) is 24.9 Å². The van der Waals surface area contributed by atoms with Gasteiger partial charge in [0.1, 0.15) is 0 Å². The highest BCUT2D eigenvalue weighted by atomic mass is 16.2. The van der Waals surface area contributed by atoms with E-state index in [2.05, 4.69) is 28.8 Å². The number of benzene rings is 2. The lowest BCUT2D eigenvalue weighted by atomic mass is 9.88. The second-order valence-electron chi connectivity index (χ2n) is 6.10. The highest BCUT2D eigenvalue weighted by Crippen LogP contribution is 2.32. The van der Waals surface area contributed by atoms with Gasteiger partial charge in [0.15, 0.2) is 0 Å². The minimum Gasteiger partial charge on any atom is -0.356 e. The van der Waals surface area contributed by atoms with Crippen LogP contribution in [0.1, 0.15) is 33.8 Å². The van der Waals surface area contributed by atoms with Gasteiger partial charge in [-0.3, -0.25) is 9.59 Å². The summed E-state index contributed by atoms with van der Waals surface area (Å²) in [6.45, 7) is 1.42. The first-order valence-electron chi connectivity index (χ1n) is 8.02. The highest BCUT2D eigenvalue weighted by molar-refractivity contribution is 5.98. The van der Waals surface area contributed by atoms with Crippen molar-refractivity contribution < 1.29 is 9.59 Å². The first-order chi connectivity index (χ1) is 11.2. The number of hydrogen-bond donors (Lipinski definition) is 2. The molecule has 1 unspecified atom stereocenters. The van der Waals surface area contributed by atoms with Crippen LogP contribution in [0.25, 0.3) is 11.1 Å². The van der Waals surface area contributed by atoms with Crippen molar-refractivity contribution in [1.29, 1.82) is 0 Å². The fourth-order valence-corrected chi connectivity index (χ4v) is 3.57. The largest absolute Gasteiger partial charge is 0.356 e. The summed E-state index contributed by atoms with van der Waals surface area (Å²) in [6.07, 6.45) is 1.68. The molecule has 2 aromatic carbocycles. The SMILES string of the molecule is O=C1NCCc2c1cccc2-c1cccc(C2CCNC2=O)c1. The van der Waals surface area contributed by atoms with Crippen molar-refractivity contribution in [2.45, 2.75) is 18.8 Å². The zero-order valence-corrected chi connectivity index (χ0v) is 12.8. The van der Waals surface area contributed by atoms with Crippen LogP contribution < -0.4 is 10.6 Å². The Bertz CT molecular complexity index is 798. The molecule has 2 N–H and O–H groups in total. The van der Waals surface area contributed by atoms with E-state index in [4.69, 9.17) is 0 Å². The molecule has 0 spiro atoms. The van der Waals surface area contributed by atoms with Crippen LogP contribution in [0.4, 0.5) is 0 Å². The zero-order valence-electron chi connectivity index (χ0n) is 12.8. The van der Waals surface area contributed by atoms with E-state index in [0.29, 0.717) is 6.54 Å². The van der Waals surface area contributed by atoms with E-state index in [0.717, 1.165) is 47.2 Å². The van der Waals surface area contributed by atoms with Gasteiger partial charge in [-0.15, -0.1) is 0 Å². The molecule has 1 saturated heterocycles. The predicted octanol–water partition coefficient (Wildman–Crippen LogP) is 2.24. The Morgan fingerprint density at radius 3 is 2.57 bits per heavy atom. The number of nitrogens with one attached hydrogen (secondary N) is 2. The molecule has 4 rings (SSSR count). The molecule has 0 radical (unpaired) electrons. The minimum atomic E-state index is -0.0576. The van der Waals surface area contributed by atoms with Crippen LogP contribution in [0, 0.1) is 0 Å². The van der Waals surface area contributed by atoms with Gasteiger partial charge < -0.3 is 10.6 Å². The monoisotopic (exact) mass is 306 g/mol. The van der Waals surface area contributed by atoms with Crippen molar-refractivity contribution in [2.24, 2.45) is 0 Å². The van der Waals surface area contributed by atoms with Gasteiger partial charge in [0.2, 0.25) is 5.91 Å². The molecule has 1 fully saturated rings. The summed E-state index contributed by atoms with van der Waals surface area (Å²) in [5, 5.41) is 5.78. The van der Waals surface area contributed by atoms with E-state index in [-0.39, 0.29) is 17.7 Å². The van der Waals surface area contributed by atoms with Gasteiger partial charge >= 0.3 is 0 Å². The number of fused-ring (bicyclic) bond motifs is 1. The van der Waals surface area contributed by atoms with Gasteiger partial charge in [-0.1, -0.05) is 36.4 Å². The molecule has 0 aromatic heterocycles. The molecule has 2 aliphatic heterocycles. The Hall–Kier alpha value is -2.62. The topological polar surface area (TPSA) is 58.2 Å². The maximum absolute atomic E-state index is 12.0. The molecule has 0 saturated carbocycles. The van der Waals surface area contributed by atoms with E-state index >= 15 is 0 Å². The molecule has 4 nitrogen and oxygen atoms in total. The summed E-state index contributed by atoms with van der Waals surface area (Å²) in [6, 6.07) is 14.0. The molecule has 0 bridgehead atoms. The van der Waals surface area contributed by atoms with Gasteiger partial charge in [0, 0.05) is 18.7 Å². The van der Waals surface area contributed by atoms with E-state index in [1.807, 2.05) is 24.3 Å². The van der Waals surface area contributed by atoms with Crippen molar-refractivity contribution >= 4 is 11.8 Å². The van der Waals surface area contributed by atoms with Crippen LogP contribution >= 0.6 is 0 Å². The molecule has 2 aromatic rings. The Balaban J connectivity index is 1.78. The summed E-state index contributed by atoms with van der Waals surface area (Å²) < 4.78 is 0. The normalized spacial score (nSPS) is 19.9. The third kappa shape index (κ3) is 2.40. The molecular weight excluding hydrogens is 288 g/mol. The van der Waals surface area contributed by atoms with Gasteiger partial charge in [-0.25, -0.2) is 0 Å². The number of carbonyl (C=O) groups excluding carboxylic acids is 2. The first-order valence-corrected chi connectivity index (χ1v) is 8.02. The summed E-state index contributed by atoms with van der Waals surface area (Å²) in [7, 11) is 0. The average Bonchev–Trinajstić information content (AvgIpc) is 3.01. The third-order valence-corrected chi connectivity index (χ3v) is 4.73. The van der Waals surface area contributed by atoms with Crippen molar-refractivity contribution in [2.75, 3.05) is 13.1 Å². The lowest BCUT2D eigenvalue weighted by Gasteiger charge is -2.20. The molecule has 2 amide bonds. The van der Waals surface area contributed by atoms with E-state index in [1.165, 1.54) is 0 Å². The highest BCUT2D eigenvalue weighted by Gasteiger charge is 2.26. The molecule has 4 heteroatoms. The number of amides is 2. The zero-order chi connectivity index (χ0) is 15.8. The van der Waals surface area contributed by atoms with Crippen LogP contribution in [0.5, 0.6) is 0 Å². The summed E-state index contributed by atoms with van der Waals surface area (Å²) in [5.74, 6) is 0.0498. The van der Waals surface area contributed by atoms with Gasteiger partial charge in [-0.2, -0.15) is 0 Å². The van der Waals surface area contributed by atoms with E-state index in [9.17, 15) is 9.59 Å². The third-order valence-electron chi connectivity index (χ3n) is 4.73. The minimum absolute atomic E-state index is 0.000532. The summed E-state index contributed by atoms with van der Waals surface area (Å²) in [5.41, 5.74) is 5.09. The second kappa shape index (κ2) is 5.54. The standard InChI is InChI=1S/C19H18N2O2/c22-18-15(7-9-20-18)13-4-1-3-12(11-13)14-5-2-6-17-16(14)8-10-21-19(17)23/h1-6,11,15H,7-10H2,(H,20,22)(H,21,23). The average molecular weight is 306 g/mol. The number of carbonyl (C=O) groups is 2. The van der Waals surface area contributed by atoms with Crippen LogP contribution in [-0.2, 0) is 11.2 Å². The predicted molar refractivity (Wildman–Crippen MR) is 88.3 cm³/mol. The van der Waals surface area contributed by atoms with Crippen molar-refractivity contribution in [3.8, 4) is 11.1 Å². The fraction of sp³-hybridized carbons (Fsp3) is 0.263. The van der Waals surface area contributed by atoms with E-state index < -0.39 is 0 Å². The van der Waals surface area contributed by atoms with Crippen molar-refractivity contribution in [1.82, 2.24) is 10.6 Å². The van der Waals surface area contributed by atoms with Gasteiger partial charge in [0.05, 0.1) is 5.92 Å². The van der Waals surface area contributed by atoms with Crippen LogP contribution in [0.3, 0.4) is 0 Å². The second-order valence-corrected chi connectivity index (χ2v) is 6.10.